The molecule has 0 radical (unpaired) electrons. The average molecular weight is 216 g/mol. The number of pyridine rings is 1. The second kappa shape index (κ2) is 5.47. The Balaban J connectivity index is 1.96. The minimum Gasteiger partial charge on any atom is -0.472 e. The Labute approximate surface area is 95.5 Å². The lowest BCUT2D eigenvalue weighted by Gasteiger charge is -2.16. The summed E-state index contributed by atoms with van der Waals surface area (Å²) in [5.74, 6) is 0. The molecule has 1 N–H and O–H groups in total. The van der Waals surface area contributed by atoms with Crippen molar-refractivity contribution < 1.29 is 4.42 Å². The van der Waals surface area contributed by atoms with Gasteiger partial charge >= 0.3 is 0 Å². The molecular formula is C13H16N2O. The van der Waals surface area contributed by atoms with Crippen molar-refractivity contribution in [3.63, 3.8) is 0 Å². The molecule has 0 spiro atoms. The van der Waals surface area contributed by atoms with Gasteiger partial charge in [0.2, 0.25) is 0 Å². The lowest BCUT2D eigenvalue weighted by atomic mass is 10.1. The second-order valence-electron chi connectivity index (χ2n) is 3.75. The molecule has 0 saturated heterocycles. The molecule has 0 aromatic carbocycles. The molecular weight excluding hydrogens is 200 g/mol. The Morgan fingerprint density at radius 1 is 1.31 bits per heavy atom. The van der Waals surface area contributed by atoms with Crippen LogP contribution in [0.4, 0.5) is 0 Å². The lowest BCUT2D eigenvalue weighted by Crippen LogP contribution is -2.19. The Bertz CT molecular complexity index is 397. The maximum atomic E-state index is 5.04. The third-order valence-electron chi connectivity index (χ3n) is 2.65. The molecule has 16 heavy (non-hydrogen) atoms. The molecule has 2 aromatic rings. The van der Waals surface area contributed by atoms with Gasteiger partial charge in [-0.05, 0) is 30.2 Å². The number of aromatic nitrogens is 1. The van der Waals surface area contributed by atoms with E-state index in [0.29, 0.717) is 6.04 Å². The first-order chi connectivity index (χ1) is 7.90. The maximum Gasteiger partial charge on any atom is 0.0947 e. The van der Waals surface area contributed by atoms with Crippen LogP contribution >= 0.6 is 0 Å². The number of hydrogen-bond acceptors (Lipinski definition) is 3. The van der Waals surface area contributed by atoms with Gasteiger partial charge < -0.3 is 9.73 Å². The summed E-state index contributed by atoms with van der Waals surface area (Å²) in [7, 11) is 0. The largest absolute Gasteiger partial charge is 0.472 e. The summed E-state index contributed by atoms with van der Waals surface area (Å²) in [5.41, 5.74) is 2.45. The van der Waals surface area contributed by atoms with Gasteiger partial charge in [-0.1, -0.05) is 6.92 Å². The fourth-order valence-electron chi connectivity index (χ4n) is 1.73. The Morgan fingerprint density at radius 3 is 2.75 bits per heavy atom. The molecule has 84 valence electrons. The first kappa shape index (κ1) is 10.9. The lowest BCUT2D eigenvalue weighted by molar-refractivity contribution is 0.511. The van der Waals surface area contributed by atoms with Gasteiger partial charge in [-0.25, -0.2) is 0 Å². The van der Waals surface area contributed by atoms with Crippen molar-refractivity contribution >= 4 is 0 Å². The third kappa shape index (κ3) is 2.70. The minimum absolute atomic E-state index is 0.373. The van der Waals surface area contributed by atoms with Crippen LogP contribution in [0.25, 0.3) is 0 Å². The first-order valence-corrected chi connectivity index (χ1v) is 5.54. The Hall–Kier alpha value is -1.61. The highest BCUT2D eigenvalue weighted by atomic mass is 16.3. The molecule has 2 rings (SSSR count). The Kier molecular flexibility index (Phi) is 3.72. The molecule has 2 heterocycles. The topological polar surface area (TPSA) is 38.1 Å². The van der Waals surface area contributed by atoms with Crippen molar-refractivity contribution in [2.45, 2.75) is 25.9 Å². The van der Waals surface area contributed by atoms with Gasteiger partial charge in [-0.15, -0.1) is 0 Å². The zero-order chi connectivity index (χ0) is 11.2. The molecule has 2 aromatic heterocycles. The van der Waals surface area contributed by atoms with Crippen molar-refractivity contribution in [2.24, 2.45) is 0 Å². The quantitative estimate of drug-likeness (QED) is 0.835. The van der Waals surface area contributed by atoms with E-state index >= 15 is 0 Å². The van der Waals surface area contributed by atoms with Crippen LogP contribution in [0.3, 0.4) is 0 Å². The van der Waals surface area contributed by atoms with Crippen LogP contribution in [-0.4, -0.2) is 4.98 Å². The van der Waals surface area contributed by atoms with E-state index in [1.54, 1.807) is 12.5 Å². The zero-order valence-electron chi connectivity index (χ0n) is 9.39. The van der Waals surface area contributed by atoms with Crippen LogP contribution < -0.4 is 5.32 Å². The molecule has 0 amide bonds. The molecule has 3 nitrogen and oxygen atoms in total. The predicted octanol–water partition coefficient (Wildman–Crippen LogP) is 2.92. The van der Waals surface area contributed by atoms with E-state index in [9.17, 15) is 0 Å². The van der Waals surface area contributed by atoms with Gasteiger partial charge in [-0.3, -0.25) is 4.98 Å². The highest BCUT2D eigenvalue weighted by Crippen LogP contribution is 2.16. The summed E-state index contributed by atoms with van der Waals surface area (Å²) in [5, 5.41) is 3.50. The fraction of sp³-hybridized carbons (Fsp3) is 0.308. The number of nitrogens with one attached hydrogen (secondary N) is 1. The van der Waals surface area contributed by atoms with E-state index in [-0.39, 0.29) is 0 Å². The summed E-state index contributed by atoms with van der Waals surface area (Å²) in [6, 6.07) is 6.46. The number of furan rings is 1. The van der Waals surface area contributed by atoms with E-state index in [4.69, 9.17) is 4.42 Å². The van der Waals surface area contributed by atoms with Crippen molar-refractivity contribution in [3.8, 4) is 0 Å². The van der Waals surface area contributed by atoms with E-state index in [2.05, 4.69) is 29.4 Å². The summed E-state index contributed by atoms with van der Waals surface area (Å²) in [4.78, 5) is 4.03. The molecule has 1 atom stereocenters. The molecule has 0 fully saturated rings. The number of nitrogens with zero attached hydrogens (tertiary/aromatic N) is 1. The van der Waals surface area contributed by atoms with Crippen molar-refractivity contribution in [1.82, 2.24) is 10.3 Å². The number of hydrogen-bond donors (Lipinski definition) is 1. The second-order valence-corrected chi connectivity index (χ2v) is 3.75. The fourth-order valence-corrected chi connectivity index (χ4v) is 1.73. The van der Waals surface area contributed by atoms with E-state index in [1.807, 2.05) is 18.5 Å². The van der Waals surface area contributed by atoms with Gasteiger partial charge in [0.15, 0.2) is 0 Å². The summed E-state index contributed by atoms with van der Waals surface area (Å²) >= 11 is 0. The SMILES string of the molecule is CCC(NCc1ccoc1)c1ccncc1. The highest BCUT2D eigenvalue weighted by molar-refractivity contribution is 5.15. The summed E-state index contributed by atoms with van der Waals surface area (Å²) in [6.45, 7) is 3.00. The van der Waals surface area contributed by atoms with Crippen molar-refractivity contribution in [1.29, 1.82) is 0 Å². The van der Waals surface area contributed by atoms with Gasteiger partial charge in [0.1, 0.15) is 0 Å². The van der Waals surface area contributed by atoms with Crippen LogP contribution in [0.15, 0.2) is 47.5 Å². The molecule has 0 aliphatic heterocycles. The minimum atomic E-state index is 0.373. The molecule has 1 unspecified atom stereocenters. The first-order valence-electron chi connectivity index (χ1n) is 5.54. The maximum absolute atomic E-state index is 5.04. The van der Waals surface area contributed by atoms with Gasteiger partial charge in [0.05, 0.1) is 12.5 Å². The molecule has 0 aliphatic carbocycles. The van der Waals surface area contributed by atoms with Crippen LogP contribution in [-0.2, 0) is 6.54 Å². The highest BCUT2D eigenvalue weighted by Gasteiger charge is 2.08. The van der Waals surface area contributed by atoms with Crippen molar-refractivity contribution in [2.75, 3.05) is 0 Å². The smallest absolute Gasteiger partial charge is 0.0947 e. The number of rotatable bonds is 5. The van der Waals surface area contributed by atoms with E-state index < -0.39 is 0 Å². The molecule has 0 saturated carbocycles. The van der Waals surface area contributed by atoms with E-state index in [1.165, 1.54) is 11.1 Å². The summed E-state index contributed by atoms with van der Waals surface area (Å²) in [6.07, 6.45) is 8.19. The standard InChI is InChI=1S/C13H16N2O/c1-2-13(12-3-6-14-7-4-12)15-9-11-5-8-16-10-11/h3-8,10,13,15H,2,9H2,1H3. The van der Waals surface area contributed by atoms with Crippen LogP contribution in [0.2, 0.25) is 0 Å². The van der Waals surface area contributed by atoms with Crippen LogP contribution in [0.5, 0.6) is 0 Å². The van der Waals surface area contributed by atoms with Crippen molar-refractivity contribution in [3.05, 3.63) is 54.2 Å². The summed E-state index contributed by atoms with van der Waals surface area (Å²) < 4.78 is 5.04. The van der Waals surface area contributed by atoms with E-state index in [0.717, 1.165) is 13.0 Å². The molecule has 0 aliphatic rings. The normalized spacial score (nSPS) is 12.6. The average Bonchev–Trinajstić information content (AvgIpc) is 2.84. The molecule has 0 bridgehead atoms. The Morgan fingerprint density at radius 2 is 2.12 bits per heavy atom. The van der Waals surface area contributed by atoms with Crippen LogP contribution in [0.1, 0.15) is 30.5 Å². The monoisotopic (exact) mass is 216 g/mol. The van der Waals surface area contributed by atoms with Gasteiger partial charge in [-0.2, -0.15) is 0 Å². The molecule has 3 heteroatoms. The van der Waals surface area contributed by atoms with Crippen LogP contribution in [0, 0.1) is 0 Å². The predicted molar refractivity (Wildman–Crippen MR) is 62.8 cm³/mol. The third-order valence-corrected chi connectivity index (χ3v) is 2.65. The van der Waals surface area contributed by atoms with Gasteiger partial charge in [0.25, 0.3) is 0 Å². The van der Waals surface area contributed by atoms with Gasteiger partial charge in [0, 0.05) is 30.5 Å². The zero-order valence-corrected chi connectivity index (χ0v) is 9.39.